The van der Waals surface area contributed by atoms with Crippen molar-refractivity contribution in [3.63, 3.8) is 0 Å². The van der Waals surface area contributed by atoms with Gasteiger partial charge in [0.1, 0.15) is 11.6 Å². The van der Waals surface area contributed by atoms with Crippen LogP contribution in [0, 0.1) is 29.1 Å². The predicted octanol–water partition coefficient (Wildman–Crippen LogP) is 2.05. The number of rotatable bonds is 4. The van der Waals surface area contributed by atoms with E-state index in [1.165, 1.54) is 0 Å². The Morgan fingerprint density at radius 1 is 0.773 bits per heavy atom. The van der Waals surface area contributed by atoms with Crippen LogP contribution in [0.15, 0.2) is 18.2 Å². The predicted molar refractivity (Wildman–Crippen MR) is 70.8 cm³/mol. The molecule has 0 aliphatic rings. The van der Waals surface area contributed by atoms with Gasteiger partial charge in [-0.2, -0.15) is 0 Å². The van der Waals surface area contributed by atoms with Crippen molar-refractivity contribution in [2.24, 2.45) is 0 Å². The first-order valence-corrected chi connectivity index (χ1v) is 5.98. The monoisotopic (exact) mass is 315 g/mol. The van der Waals surface area contributed by atoms with E-state index >= 15 is 0 Å². The van der Waals surface area contributed by atoms with E-state index in [9.17, 15) is 22.0 Å². The maximum absolute atomic E-state index is 13.9. The van der Waals surface area contributed by atoms with Crippen molar-refractivity contribution in [1.82, 2.24) is 0 Å². The molecule has 115 valence electrons. The lowest BCUT2D eigenvalue weighted by Crippen LogP contribution is -2.34. The molecule has 0 heterocycles. The molecule has 0 aliphatic heterocycles. The minimum Gasteiger partial charge on any atom is -0.494 e. The van der Waals surface area contributed by atoms with Crippen molar-refractivity contribution in [3.8, 4) is 11.5 Å². The summed E-state index contributed by atoms with van der Waals surface area (Å²) in [4.78, 5) is 0. The van der Waals surface area contributed by atoms with Crippen molar-refractivity contribution in [2.75, 3.05) is 14.2 Å². The Bertz CT molecular complexity index is 721. The van der Waals surface area contributed by atoms with Gasteiger partial charge in [-0.25, -0.2) is 22.0 Å². The van der Waals surface area contributed by atoms with Crippen LogP contribution in [0.2, 0.25) is 0 Å². The van der Waals surface area contributed by atoms with Gasteiger partial charge in [0.05, 0.1) is 14.2 Å². The molecule has 0 aliphatic carbocycles. The molecule has 0 unspecified atom stereocenters. The second kappa shape index (κ2) is 6.25. The second-order valence-corrected chi connectivity index (χ2v) is 4.26. The van der Waals surface area contributed by atoms with Gasteiger partial charge in [-0.3, -0.25) is 0 Å². The van der Waals surface area contributed by atoms with Crippen LogP contribution in [0.25, 0.3) is 0 Å². The summed E-state index contributed by atoms with van der Waals surface area (Å²) in [5.41, 5.74) is -0.856. The number of ether oxygens (including phenoxy) is 2. The van der Waals surface area contributed by atoms with Crippen LogP contribution in [-0.4, -0.2) is 21.5 Å². The fourth-order valence-electron chi connectivity index (χ4n) is 1.99. The van der Waals surface area contributed by atoms with Crippen LogP contribution < -0.4 is 20.4 Å². The average molecular weight is 315 g/mol. The second-order valence-electron chi connectivity index (χ2n) is 4.26. The highest BCUT2D eigenvalue weighted by molar-refractivity contribution is 6.69. The Morgan fingerprint density at radius 2 is 1.36 bits per heavy atom. The molecule has 0 N–H and O–H groups in total. The summed E-state index contributed by atoms with van der Waals surface area (Å²) < 4.78 is 77.1. The molecule has 0 bridgehead atoms. The third-order valence-electron chi connectivity index (χ3n) is 2.91. The lowest BCUT2D eigenvalue weighted by Gasteiger charge is -2.13. The van der Waals surface area contributed by atoms with E-state index in [4.69, 9.17) is 4.74 Å². The summed E-state index contributed by atoms with van der Waals surface area (Å²) in [6.07, 6.45) is 0. The molecule has 2 nitrogen and oxygen atoms in total. The van der Waals surface area contributed by atoms with Crippen LogP contribution >= 0.6 is 0 Å². The maximum atomic E-state index is 13.9. The van der Waals surface area contributed by atoms with Gasteiger partial charge < -0.3 is 9.47 Å². The van der Waals surface area contributed by atoms with Gasteiger partial charge in [0, 0.05) is 17.6 Å². The smallest absolute Gasteiger partial charge is 0.205 e. The Morgan fingerprint density at radius 3 is 1.95 bits per heavy atom. The number of methoxy groups -OCH3 is 2. The van der Waals surface area contributed by atoms with Gasteiger partial charge in [-0.05, 0) is 11.5 Å². The SMILES string of the molecule is COc1c(F)cc(F)cc1[B]c1c(F)c(F)cc(F)c1OC. The Balaban J connectivity index is 2.61. The zero-order chi connectivity index (χ0) is 16.4. The molecule has 8 heteroatoms. The van der Waals surface area contributed by atoms with Gasteiger partial charge in [-0.1, -0.05) is 0 Å². The highest BCUT2D eigenvalue weighted by atomic mass is 19.2. The molecular formula is C14H9BF5O2. The van der Waals surface area contributed by atoms with E-state index in [2.05, 4.69) is 4.74 Å². The summed E-state index contributed by atoms with van der Waals surface area (Å²) in [7, 11) is 3.01. The Labute approximate surface area is 123 Å². The zero-order valence-electron chi connectivity index (χ0n) is 11.5. The lowest BCUT2D eigenvalue weighted by atomic mass is 9.62. The minimum absolute atomic E-state index is 0.234. The molecule has 2 aromatic rings. The summed E-state index contributed by atoms with van der Waals surface area (Å²) in [5.74, 6) is -7.00. The highest BCUT2D eigenvalue weighted by Gasteiger charge is 2.23. The zero-order valence-corrected chi connectivity index (χ0v) is 11.5. The van der Waals surface area contributed by atoms with Crippen LogP contribution in [-0.2, 0) is 0 Å². The summed E-state index contributed by atoms with van der Waals surface area (Å²) in [5, 5.41) is 0. The van der Waals surface area contributed by atoms with E-state index in [0.717, 1.165) is 27.6 Å². The Hall–Kier alpha value is -2.25. The highest BCUT2D eigenvalue weighted by Crippen LogP contribution is 2.20. The molecule has 0 fully saturated rings. The van der Waals surface area contributed by atoms with E-state index in [1.807, 2.05) is 0 Å². The van der Waals surface area contributed by atoms with Crippen molar-refractivity contribution in [2.45, 2.75) is 0 Å². The third-order valence-corrected chi connectivity index (χ3v) is 2.91. The van der Waals surface area contributed by atoms with Gasteiger partial charge in [0.15, 0.2) is 29.0 Å². The number of halogens is 5. The Kier molecular flexibility index (Phi) is 4.58. The molecule has 22 heavy (non-hydrogen) atoms. The first-order valence-electron chi connectivity index (χ1n) is 5.98. The van der Waals surface area contributed by atoms with Gasteiger partial charge >= 0.3 is 0 Å². The minimum atomic E-state index is -1.46. The third kappa shape index (κ3) is 2.86. The molecule has 0 spiro atoms. The van der Waals surface area contributed by atoms with Crippen molar-refractivity contribution < 1.29 is 31.4 Å². The first kappa shape index (κ1) is 16.1. The molecule has 1 radical (unpaired) electrons. The molecular weight excluding hydrogens is 306 g/mol. The fraction of sp³-hybridized carbons (Fsp3) is 0.143. The summed E-state index contributed by atoms with van der Waals surface area (Å²) in [6.45, 7) is 0. The molecule has 0 atom stereocenters. The summed E-state index contributed by atoms with van der Waals surface area (Å²) >= 11 is 0. The van der Waals surface area contributed by atoms with Crippen LogP contribution in [0.1, 0.15) is 0 Å². The standard InChI is InChI=1S/C14H9BF5O2/c1-21-13-7(3-6(16)4-9(13)18)15-11-12(20)8(17)5-10(19)14(11)22-2/h3-5H,1-2H3. The summed E-state index contributed by atoms with van der Waals surface area (Å²) in [6, 6.07) is 1.72. The van der Waals surface area contributed by atoms with Gasteiger partial charge in [-0.15, -0.1) is 0 Å². The topological polar surface area (TPSA) is 18.5 Å². The quantitative estimate of drug-likeness (QED) is 0.488. The maximum Gasteiger partial charge on any atom is 0.205 e. The van der Waals surface area contributed by atoms with Crippen LogP contribution in [0.5, 0.6) is 11.5 Å². The van der Waals surface area contributed by atoms with E-state index in [1.54, 1.807) is 0 Å². The molecule has 2 aromatic carbocycles. The first-order chi connectivity index (χ1) is 10.4. The average Bonchev–Trinajstić information content (AvgIpc) is 2.44. The molecule has 0 saturated heterocycles. The van der Waals surface area contributed by atoms with E-state index in [0.29, 0.717) is 12.1 Å². The fourth-order valence-corrected chi connectivity index (χ4v) is 1.99. The normalized spacial score (nSPS) is 10.5. The van der Waals surface area contributed by atoms with Gasteiger partial charge in [0.25, 0.3) is 0 Å². The van der Waals surface area contributed by atoms with Crippen LogP contribution in [0.3, 0.4) is 0 Å². The van der Waals surface area contributed by atoms with Gasteiger partial charge in [0.2, 0.25) is 7.28 Å². The van der Waals surface area contributed by atoms with E-state index in [-0.39, 0.29) is 5.46 Å². The molecule has 0 amide bonds. The van der Waals surface area contributed by atoms with Crippen molar-refractivity contribution in [1.29, 1.82) is 0 Å². The number of hydrogen-bond acceptors (Lipinski definition) is 2. The molecule has 0 aromatic heterocycles. The number of hydrogen-bond donors (Lipinski definition) is 0. The van der Waals surface area contributed by atoms with Crippen molar-refractivity contribution in [3.05, 3.63) is 47.3 Å². The largest absolute Gasteiger partial charge is 0.494 e. The van der Waals surface area contributed by atoms with Crippen molar-refractivity contribution >= 4 is 18.2 Å². The molecule has 2 rings (SSSR count). The van der Waals surface area contributed by atoms with E-state index < -0.39 is 46.0 Å². The number of benzene rings is 2. The lowest BCUT2D eigenvalue weighted by molar-refractivity contribution is 0.381. The van der Waals surface area contributed by atoms with Crippen LogP contribution in [0.4, 0.5) is 22.0 Å². The molecule has 0 saturated carbocycles.